The van der Waals surface area contributed by atoms with Gasteiger partial charge >= 0.3 is 0 Å². The zero-order chi connectivity index (χ0) is 13.0. The van der Waals surface area contributed by atoms with E-state index in [1.807, 2.05) is 6.07 Å². The second-order valence-electron chi connectivity index (χ2n) is 4.81. The van der Waals surface area contributed by atoms with Crippen LogP contribution in [0.25, 0.3) is 0 Å². The third kappa shape index (κ3) is 2.68. The van der Waals surface area contributed by atoms with E-state index in [2.05, 4.69) is 24.4 Å². The van der Waals surface area contributed by atoms with Gasteiger partial charge in [-0.25, -0.2) is 0 Å². The number of aryl methyl sites for hydroxylation is 1. The van der Waals surface area contributed by atoms with Crippen LogP contribution in [0.3, 0.4) is 0 Å². The molecule has 0 fully saturated rings. The summed E-state index contributed by atoms with van der Waals surface area (Å²) in [5.74, 6) is 0.925. The van der Waals surface area contributed by atoms with Gasteiger partial charge in [-0.2, -0.15) is 0 Å². The Hall–Kier alpha value is -1.06. The first kappa shape index (κ1) is 13.4. The molecule has 0 aromatic heterocycles. The number of nitrogens with one attached hydrogen (secondary N) is 1. The zero-order valence-corrected chi connectivity index (χ0v) is 11.5. The lowest BCUT2D eigenvalue weighted by atomic mass is 9.85. The maximum Gasteiger partial charge on any atom is 0.119 e. The fourth-order valence-electron chi connectivity index (χ4n) is 2.68. The molecule has 1 aromatic carbocycles. The van der Waals surface area contributed by atoms with Gasteiger partial charge in [-0.05, 0) is 49.1 Å². The quantitative estimate of drug-likeness (QED) is 0.870. The minimum Gasteiger partial charge on any atom is -0.497 e. The predicted molar refractivity (Wildman–Crippen MR) is 73.1 cm³/mol. The van der Waals surface area contributed by atoms with E-state index < -0.39 is 0 Å². The van der Waals surface area contributed by atoms with E-state index in [-0.39, 0.29) is 12.1 Å². The zero-order valence-electron chi connectivity index (χ0n) is 11.5. The fraction of sp³-hybridized carbons (Fsp3) is 0.600. The van der Waals surface area contributed by atoms with Crippen LogP contribution in [0, 0.1) is 0 Å². The first-order chi connectivity index (χ1) is 8.80. The minimum absolute atomic E-state index is 0.260. The summed E-state index contributed by atoms with van der Waals surface area (Å²) in [6.45, 7) is 3.20. The van der Waals surface area contributed by atoms with Crippen LogP contribution in [0.4, 0.5) is 0 Å². The summed E-state index contributed by atoms with van der Waals surface area (Å²) in [6.07, 6.45) is 3.56. The van der Waals surface area contributed by atoms with Crippen molar-refractivity contribution in [3.05, 3.63) is 29.3 Å². The molecular weight excluding hydrogens is 226 g/mol. The Morgan fingerprint density at radius 3 is 2.83 bits per heavy atom. The Kier molecular flexibility index (Phi) is 4.61. The van der Waals surface area contributed by atoms with E-state index in [9.17, 15) is 0 Å². The molecule has 0 spiro atoms. The molecule has 2 unspecified atom stereocenters. The Bertz CT molecular complexity index is 392. The van der Waals surface area contributed by atoms with Crippen molar-refractivity contribution in [1.82, 2.24) is 5.32 Å². The van der Waals surface area contributed by atoms with Crippen LogP contribution in [0.2, 0.25) is 0 Å². The summed E-state index contributed by atoms with van der Waals surface area (Å²) in [5.41, 5.74) is 2.75. The molecule has 0 heterocycles. The molecule has 1 aliphatic rings. The maximum absolute atomic E-state index is 5.63. The summed E-state index contributed by atoms with van der Waals surface area (Å²) in [6, 6.07) is 6.66. The lowest BCUT2D eigenvalue weighted by Gasteiger charge is -2.33. The van der Waals surface area contributed by atoms with Gasteiger partial charge in [0.2, 0.25) is 0 Å². The third-order valence-corrected chi connectivity index (χ3v) is 3.68. The monoisotopic (exact) mass is 249 g/mol. The minimum atomic E-state index is 0.260. The standard InChI is InChI=1S/C15H23NO2/c1-4-9-16-15-13-10-12(17-2)7-5-11(13)6-8-14(15)18-3/h5,7,10,14-16H,4,6,8-9H2,1-3H3. The van der Waals surface area contributed by atoms with Crippen LogP contribution in [-0.2, 0) is 11.2 Å². The van der Waals surface area contributed by atoms with E-state index in [0.717, 1.165) is 31.6 Å². The van der Waals surface area contributed by atoms with E-state index in [1.54, 1.807) is 14.2 Å². The molecule has 1 aromatic rings. The Morgan fingerprint density at radius 1 is 1.33 bits per heavy atom. The third-order valence-electron chi connectivity index (χ3n) is 3.68. The Morgan fingerprint density at radius 2 is 2.17 bits per heavy atom. The topological polar surface area (TPSA) is 30.5 Å². The molecular formula is C15H23NO2. The molecule has 0 saturated heterocycles. The van der Waals surface area contributed by atoms with Crippen molar-refractivity contribution in [3.8, 4) is 5.75 Å². The fourth-order valence-corrected chi connectivity index (χ4v) is 2.68. The van der Waals surface area contributed by atoms with Crippen LogP contribution in [-0.4, -0.2) is 26.9 Å². The number of hydrogen-bond acceptors (Lipinski definition) is 3. The normalized spacial score (nSPS) is 22.6. The van der Waals surface area contributed by atoms with Crippen molar-refractivity contribution in [1.29, 1.82) is 0 Å². The smallest absolute Gasteiger partial charge is 0.119 e. The van der Waals surface area contributed by atoms with Crippen LogP contribution in [0.5, 0.6) is 5.75 Å². The van der Waals surface area contributed by atoms with Crippen LogP contribution in [0.15, 0.2) is 18.2 Å². The number of rotatable bonds is 5. The van der Waals surface area contributed by atoms with Crippen molar-refractivity contribution >= 4 is 0 Å². The van der Waals surface area contributed by atoms with Crippen LogP contribution >= 0.6 is 0 Å². The molecule has 0 radical (unpaired) electrons. The van der Waals surface area contributed by atoms with Crippen LogP contribution in [0.1, 0.15) is 36.9 Å². The molecule has 3 nitrogen and oxygen atoms in total. The van der Waals surface area contributed by atoms with E-state index in [1.165, 1.54) is 11.1 Å². The first-order valence-electron chi connectivity index (χ1n) is 6.73. The summed E-state index contributed by atoms with van der Waals surface area (Å²) in [7, 11) is 3.52. The first-order valence-corrected chi connectivity index (χ1v) is 6.73. The molecule has 0 saturated carbocycles. The average molecular weight is 249 g/mol. The van der Waals surface area contributed by atoms with Crippen molar-refractivity contribution in [2.45, 2.75) is 38.3 Å². The second-order valence-corrected chi connectivity index (χ2v) is 4.81. The summed E-state index contributed by atoms with van der Waals surface area (Å²) in [5, 5.41) is 3.60. The van der Waals surface area contributed by atoms with E-state index in [0.29, 0.717) is 0 Å². The summed E-state index contributed by atoms with van der Waals surface area (Å²) < 4.78 is 11.0. The highest BCUT2D eigenvalue weighted by molar-refractivity contribution is 5.40. The van der Waals surface area contributed by atoms with Gasteiger partial charge in [0.05, 0.1) is 19.3 Å². The van der Waals surface area contributed by atoms with Gasteiger partial charge in [0.25, 0.3) is 0 Å². The predicted octanol–water partition coefficient (Wildman–Crippen LogP) is 2.70. The highest BCUT2D eigenvalue weighted by atomic mass is 16.5. The number of fused-ring (bicyclic) bond motifs is 1. The van der Waals surface area contributed by atoms with Gasteiger partial charge in [0.1, 0.15) is 5.75 Å². The van der Waals surface area contributed by atoms with E-state index in [4.69, 9.17) is 9.47 Å². The molecule has 1 N–H and O–H groups in total. The van der Waals surface area contributed by atoms with Gasteiger partial charge in [-0.1, -0.05) is 13.0 Å². The molecule has 18 heavy (non-hydrogen) atoms. The molecule has 2 atom stereocenters. The van der Waals surface area contributed by atoms with Gasteiger partial charge in [0.15, 0.2) is 0 Å². The molecule has 0 amide bonds. The van der Waals surface area contributed by atoms with E-state index >= 15 is 0 Å². The lowest BCUT2D eigenvalue weighted by molar-refractivity contribution is 0.0555. The number of hydrogen-bond donors (Lipinski definition) is 1. The highest BCUT2D eigenvalue weighted by Gasteiger charge is 2.29. The van der Waals surface area contributed by atoms with Crippen molar-refractivity contribution in [3.63, 3.8) is 0 Å². The Labute approximate surface area is 109 Å². The van der Waals surface area contributed by atoms with Crippen LogP contribution < -0.4 is 10.1 Å². The number of ether oxygens (including phenoxy) is 2. The largest absolute Gasteiger partial charge is 0.497 e. The highest BCUT2D eigenvalue weighted by Crippen LogP contribution is 2.34. The van der Waals surface area contributed by atoms with Gasteiger partial charge in [-0.3, -0.25) is 0 Å². The molecule has 0 bridgehead atoms. The number of methoxy groups -OCH3 is 2. The average Bonchev–Trinajstić information content (AvgIpc) is 2.43. The van der Waals surface area contributed by atoms with Gasteiger partial charge < -0.3 is 14.8 Å². The summed E-state index contributed by atoms with van der Waals surface area (Å²) >= 11 is 0. The molecule has 1 aliphatic carbocycles. The van der Waals surface area contributed by atoms with Gasteiger partial charge in [0, 0.05) is 7.11 Å². The molecule has 0 aliphatic heterocycles. The Balaban J connectivity index is 2.29. The molecule has 100 valence electrons. The SMILES string of the molecule is CCCNC1c2cc(OC)ccc2CCC1OC. The second kappa shape index (κ2) is 6.21. The molecule has 3 heteroatoms. The van der Waals surface area contributed by atoms with Gasteiger partial charge in [-0.15, -0.1) is 0 Å². The van der Waals surface area contributed by atoms with Crippen molar-refractivity contribution in [2.75, 3.05) is 20.8 Å². The lowest BCUT2D eigenvalue weighted by Crippen LogP contribution is -2.37. The molecule has 2 rings (SSSR count). The number of benzene rings is 1. The maximum atomic E-state index is 5.63. The van der Waals surface area contributed by atoms with Crippen molar-refractivity contribution < 1.29 is 9.47 Å². The van der Waals surface area contributed by atoms with Crippen molar-refractivity contribution in [2.24, 2.45) is 0 Å². The summed E-state index contributed by atoms with van der Waals surface area (Å²) in [4.78, 5) is 0.